The molecule has 0 aromatic carbocycles. The van der Waals surface area contributed by atoms with Gasteiger partial charge in [0.2, 0.25) is 0 Å². The van der Waals surface area contributed by atoms with Crippen LogP contribution in [0.1, 0.15) is 39.5 Å². The Morgan fingerprint density at radius 3 is 0.810 bits per heavy atom. The molecule has 0 aromatic heterocycles. The summed E-state index contributed by atoms with van der Waals surface area (Å²) >= 11 is 10.9. The monoisotopic (exact) mass is 359 g/mol. The third-order valence-electron chi connectivity index (χ3n) is 0.948. The molecule has 0 aromatic rings. The summed E-state index contributed by atoms with van der Waals surface area (Å²) in [5, 5.41) is 28.3. The molecule has 0 bridgehead atoms. The minimum atomic E-state index is -1.04. The van der Waals surface area contributed by atoms with E-state index in [0.717, 1.165) is 0 Å². The predicted molar refractivity (Wildman–Crippen MR) is 86.4 cm³/mol. The van der Waals surface area contributed by atoms with E-state index in [0.29, 0.717) is 17.3 Å². The zero-order valence-corrected chi connectivity index (χ0v) is 14.9. The molecule has 0 N–H and O–H groups in total. The van der Waals surface area contributed by atoms with Gasteiger partial charge in [-0.15, -0.1) is 0 Å². The van der Waals surface area contributed by atoms with Gasteiger partial charge in [0.05, 0.1) is 0 Å². The average Bonchev–Trinajstić information content (AvgIpc) is 2.30. The number of carbonyl (C=O) groups is 3. The molecule has 0 aliphatic rings. The highest BCUT2D eigenvalue weighted by Gasteiger charge is 1.76. The van der Waals surface area contributed by atoms with Crippen LogP contribution >= 0.6 is 37.9 Å². The van der Waals surface area contributed by atoms with Gasteiger partial charge in [-0.2, -0.15) is 37.9 Å². The van der Waals surface area contributed by atoms with Gasteiger partial charge in [0, 0.05) is 17.9 Å². The SMILES string of the molecule is CCC.O=C([O-])CCS.O=C([O-])CCS.O=C([O-])CCS. The topological polar surface area (TPSA) is 120 Å². The minimum absolute atomic E-state index is 0.0448. The summed E-state index contributed by atoms with van der Waals surface area (Å²) in [5.41, 5.74) is 0. The number of rotatable bonds is 6. The molecule has 6 nitrogen and oxygen atoms in total. The van der Waals surface area contributed by atoms with E-state index < -0.39 is 17.9 Å². The van der Waals surface area contributed by atoms with Gasteiger partial charge < -0.3 is 29.7 Å². The smallest absolute Gasteiger partial charge is 0.0422 e. The van der Waals surface area contributed by atoms with Crippen molar-refractivity contribution in [3.8, 4) is 0 Å². The lowest BCUT2D eigenvalue weighted by molar-refractivity contribution is -0.306. The van der Waals surface area contributed by atoms with E-state index in [1.54, 1.807) is 0 Å². The van der Waals surface area contributed by atoms with Crippen molar-refractivity contribution in [2.24, 2.45) is 0 Å². The molecular weight excluding hydrogens is 336 g/mol. The van der Waals surface area contributed by atoms with Gasteiger partial charge in [0.25, 0.3) is 0 Å². The summed E-state index contributed by atoms with van der Waals surface area (Å²) in [7, 11) is 0. The van der Waals surface area contributed by atoms with Crippen LogP contribution < -0.4 is 15.3 Å². The lowest BCUT2D eigenvalue weighted by Gasteiger charge is -1.92. The van der Waals surface area contributed by atoms with E-state index in [-0.39, 0.29) is 19.3 Å². The maximum Gasteiger partial charge on any atom is 0.0422 e. The normalized spacial score (nSPS) is 7.86. The second-order valence-electron chi connectivity index (χ2n) is 3.24. The first-order valence-corrected chi connectivity index (χ1v) is 8.05. The average molecular weight is 360 g/mol. The molecule has 0 rings (SSSR count). The molecular formula is C12H23O6S3-3. The van der Waals surface area contributed by atoms with Crippen molar-refractivity contribution in [1.82, 2.24) is 0 Å². The van der Waals surface area contributed by atoms with Gasteiger partial charge in [0.15, 0.2) is 0 Å². The minimum Gasteiger partial charge on any atom is -0.550 e. The van der Waals surface area contributed by atoms with E-state index in [4.69, 9.17) is 0 Å². The van der Waals surface area contributed by atoms with E-state index >= 15 is 0 Å². The number of hydrogen-bond acceptors (Lipinski definition) is 9. The highest BCUT2D eigenvalue weighted by Crippen LogP contribution is 1.78. The number of carboxylic acid groups (broad SMARTS) is 3. The van der Waals surface area contributed by atoms with Crippen LogP contribution in [0.2, 0.25) is 0 Å². The van der Waals surface area contributed by atoms with Crippen LogP contribution in [-0.2, 0) is 14.4 Å². The van der Waals surface area contributed by atoms with Crippen molar-refractivity contribution in [2.45, 2.75) is 39.5 Å². The number of hydrogen-bond donors (Lipinski definition) is 3. The first-order chi connectivity index (χ1) is 9.72. The summed E-state index contributed by atoms with van der Waals surface area (Å²) in [6, 6.07) is 0. The van der Waals surface area contributed by atoms with Gasteiger partial charge in [-0.3, -0.25) is 0 Å². The highest BCUT2D eigenvalue weighted by atomic mass is 32.1. The molecule has 0 spiro atoms. The van der Waals surface area contributed by atoms with Crippen molar-refractivity contribution >= 4 is 55.8 Å². The predicted octanol–water partition coefficient (Wildman–Crippen LogP) is -1.42. The molecule has 0 fully saturated rings. The molecule has 0 heterocycles. The third kappa shape index (κ3) is 82.9. The van der Waals surface area contributed by atoms with E-state index in [1.807, 2.05) is 0 Å². The molecule has 0 saturated carbocycles. The van der Waals surface area contributed by atoms with Gasteiger partial charge in [-0.25, -0.2) is 0 Å². The van der Waals surface area contributed by atoms with Crippen molar-refractivity contribution in [3.63, 3.8) is 0 Å². The Kier molecular flexibility index (Phi) is 37.8. The fourth-order valence-electron chi connectivity index (χ4n) is 0.274. The largest absolute Gasteiger partial charge is 0.550 e. The van der Waals surface area contributed by atoms with Crippen LogP contribution in [0.25, 0.3) is 0 Å². The Hall–Kier alpha value is -0.540. The zero-order chi connectivity index (χ0) is 17.7. The maximum atomic E-state index is 9.44. The Morgan fingerprint density at radius 1 is 0.667 bits per heavy atom. The molecule has 0 aliphatic carbocycles. The fourth-order valence-corrected chi connectivity index (χ4v) is 0.822. The van der Waals surface area contributed by atoms with Gasteiger partial charge >= 0.3 is 0 Å². The van der Waals surface area contributed by atoms with E-state index in [9.17, 15) is 29.7 Å². The molecule has 0 saturated heterocycles. The third-order valence-corrected chi connectivity index (χ3v) is 1.62. The van der Waals surface area contributed by atoms with Crippen LogP contribution in [0.4, 0.5) is 0 Å². The summed E-state index contributed by atoms with van der Waals surface area (Å²) < 4.78 is 0. The molecule has 0 unspecified atom stereocenters. The number of carboxylic acids is 3. The second-order valence-corrected chi connectivity index (χ2v) is 4.59. The van der Waals surface area contributed by atoms with E-state index in [1.165, 1.54) is 6.42 Å². The first kappa shape index (κ1) is 28.6. The molecule has 21 heavy (non-hydrogen) atoms. The zero-order valence-electron chi connectivity index (χ0n) is 12.2. The Labute approximate surface area is 142 Å². The molecule has 128 valence electrons. The quantitative estimate of drug-likeness (QED) is 0.501. The lowest BCUT2D eigenvalue weighted by Crippen LogP contribution is -2.21. The first-order valence-electron chi connectivity index (χ1n) is 6.15. The molecule has 0 amide bonds. The molecule has 0 radical (unpaired) electrons. The van der Waals surface area contributed by atoms with Gasteiger partial charge in [0.1, 0.15) is 0 Å². The summed E-state index contributed by atoms with van der Waals surface area (Å²) in [4.78, 5) is 28.3. The maximum absolute atomic E-state index is 9.44. The summed E-state index contributed by atoms with van der Waals surface area (Å²) in [5.74, 6) is -2.02. The summed E-state index contributed by atoms with van der Waals surface area (Å²) in [6.07, 6.45) is 1.38. The Morgan fingerprint density at radius 2 is 0.810 bits per heavy atom. The number of carbonyl (C=O) groups excluding carboxylic acids is 3. The standard InChI is InChI=1S/3C3H6O2S.C3H8/c3*4-3(5)1-2-6;1-3-2/h3*6H,1-2H2,(H,4,5);3H2,1-2H3/p-3. The van der Waals surface area contributed by atoms with Crippen LogP contribution in [0.3, 0.4) is 0 Å². The lowest BCUT2D eigenvalue weighted by atomic mass is 10.5. The van der Waals surface area contributed by atoms with Crippen molar-refractivity contribution in [2.75, 3.05) is 17.3 Å². The fraction of sp³-hybridized carbons (Fsp3) is 0.750. The van der Waals surface area contributed by atoms with Crippen LogP contribution in [0.15, 0.2) is 0 Å². The van der Waals surface area contributed by atoms with Crippen molar-refractivity contribution in [3.05, 3.63) is 0 Å². The van der Waals surface area contributed by atoms with Gasteiger partial charge in [-0.1, -0.05) is 20.3 Å². The van der Waals surface area contributed by atoms with E-state index in [2.05, 4.69) is 51.7 Å². The molecule has 9 heteroatoms. The Balaban J connectivity index is -0.0000000944. The van der Waals surface area contributed by atoms with Crippen LogP contribution in [-0.4, -0.2) is 35.2 Å². The molecule has 0 atom stereocenters. The second kappa shape index (κ2) is 27.7. The number of aliphatic carboxylic acids is 3. The highest BCUT2D eigenvalue weighted by molar-refractivity contribution is 7.80. The number of thiol groups is 3. The van der Waals surface area contributed by atoms with Crippen molar-refractivity contribution in [1.29, 1.82) is 0 Å². The van der Waals surface area contributed by atoms with Crippen LogP contribution in [0, 0.1) is 0 Å². The molecule has 0 aliphatic heterocycles. The van der Waals surface area contributed by atoms with Gasteiger partial charge in [-0.05, 0) is 36.5 Å². The van der Waals surface area contributed by atoms with Crippen LogP contribution in [0.5, 0.6) is 0 Å². The summed E-state index contributed by atoms with van der Waals surface area (Å²) in [6.45, 7) is 4.25. The Bertz CT molecular complexity index is 211. The van der Waals surface area contributed by atoms with Crippen molar-refractivity contribution < 1.29 is 29.7 Å².